The number of rotatable bonds is 4. The smallest absolute Gasteiger partial charge is 0.176 e. The van der Waals surface area contributed by atoms with E-state index >= 15 is 0 Å². The van der Waals surface area contributed by atoms with Crippen LogP contribution in [0.4, 0.5) is 11.4 Å². The Morgan fingerprint density at radius 1 is 1.03 bits per heavy atom. The number of nitrogens with zero attached hydrogens (tertiary/aromatic N) is 1. The lowest BCUT2D eigenvalue weighted by Gasteiger charge is -2.36. The second-order valence-corrected chi connectivity index (χ2v) is 14.4. The van der Waals surface area contributed by atoms with Gasteiger partial charge < -0.3 is 9.99 Å². The zero-order valence-corrected chi connectivity index (χ0v) is 22.0. The number of anilines is 2. The first-order valence-corrected chi connectivity index (χ1v) is 15.0. The van der Waals surface area contributed by atoms with Crippen molar-refractivity contribution in [2.75, 3.05) is 23.0 Å². The van der Waals surface area contributed by atoms with Gasteiger partial charge in [-0.1, -0.05) is 54.1 Å². The summed E-state index contributed by atoms with van der Waals surface area (Å²) in [6.07, 6.45) is 5.03. The number of benzene rings is 2. The summed E-state index contributed by atoms with van der Waals surface area (Å²) in [5.74, 6) is 0. The van der Waals surface area contributed by atoms with Gasteiger partial charge in [-0.15, -0.1) is 0 Å². The molecule has 0 saturated carbocycles. The Hall–Kier alpha value is -1.59. The number of quaternary nitrogens is 1. The second-order valence-electron chi connectivity index (χ2n) is 9.67. The zero-order chi connectivity index (χ0) is 22.3. The lowest BCUT2D eigenvalue weighted by atomic mass is 9.82. The predicted molar refractivity (Wildman–Crippen MR) is 142 cm³/mol. The third-order valence-corrected chi connectivity index (χ3v) is 10.9. The van der Waals surface area contributed by atoms with E-state index in [2.05, 4.69) is 106 Å². The van der Waals surface area contributed by atoms with Crippen molar-refractivity contribution in [1.29, 1.82) is 0 Å². The summed E-state index contributed by atoms with van der Waals surface area (Å²) in [4.78, 5) is 1.63. The number of hydrogen-bond acceptors (Lipinski definition) is 2. The molecule has 0 unspecified atom stereocenters. The van der Waals surface area contributed by atoms with Crippen LogP contribution in [-0.4, -0.2) is 13.1 Å². The molecular formula is C25H31BrN4PS+. The summed E-state index contributed by atoms with van der Waals surface area (Å²) in [5.41, 5.74) is 8.75. The number of hydrogen-bond donors (Lipinski definition) is 3. The highest BCUT2D eigenvalue weighted by Gasteiger charge is 2.48. The normalized spacial score (nSPS) is 25.2. The Kier molecular flexibility index (Phi) is 6.00. The van der Waals surface area contributed by atoms with Crippen LogP contribution in [0.25, 0.3) is 0 Å². The first-order chi connectivity index (χ1) is 15.4. The summed E-state index contributed by atoms with van der Waals surface area (Å²) in [7, 11) is 0. The molecule has 0 spiro atoms. The Labute approximate surface area is 205 Å². The van der Waals surface area contributed by atoms with Gasteiger partial charge in [0.25, 0.3) is 0 Å². The van der Waals surface area contributed by atoms with Crippen molar-refractivity contribution in [3.63, 3.8) is 0 Å². The van der Waals surface area contributed by atoms with Crippen molar-refractivity contribution in [3.05, 3.63) is 81.9 Å². The maximum atomic E-state index is 6.64. The number of allylic oxidation sites excluding steroid dienone is 3. The molecular weight excluding hydrogens is 499 g/mol. The van der Waals surface area contributed by atoms with E-state index in [0.717, 1.165) is 22.3 Å². The third kappa shape index (κ3) is 4.19. The third-order valence-electron chi connectivity index (χ3n) is 6.53. The summed E-state index contributed by atoms with van der Waals surface area (Å²) in [6, 6.07) is 18.9. The van der Waals surface area contributed by atoms with E-state index in [1.807, 2.05) is 0 Å². The summed E-state index contributed by atoms with van der Waals surface area (Å²) in [5, 5.41) is 5.19. The number of piperidine rings is 1. The van der Waals surface area contributed by atoms with E-state index in [0.29, 0.717) is 0 Å². The molecule has 1 atom stereocenters. The predicted octanol–water partition coefficient (Wildman–Crippen LogP) is 5.79. The minimum atomic E-state index is -2.37. The van der Waals surface area contributed by atoms with E-state index in [1.54, 1.807) is 4.90 Å². The molecule has 3 N–H and O–H groups in total. The number of likely N-dealkylation sites (tertiary alicyclic amines) is 1. The lowest BCUT2D eigenvalue weighted by molar-refractivity contribution is -0.868. The van der Waals surface area contributed by atoms with Crippen LogP contribution in [0, 0.1) is 5.41 Å². The van der Waals surface area contributed by atoms with Crippen molar-refractivity contribution in [2.24, 2.45) is 5.41 Å². The molecule has 0 bridgehead atoms. The minimum Gasteiger partial charge on any atom is -0.337 e. The molecule has 1 aliphatic carbocycles. The largest absolute Gasteiger partial charge is 0.337 e. The highest BCUT2D eigenvalue weighted by molar-refractivity contribution is 9.10. The Bertz CT molecular complexity index is 1100. The number of halogens is 1. The molecule has 2 fully saturated rings. The SMILES string of the molecule is CC1(C)C=C2NN(c3ccccc3)[P@@](=S)(Nc3ccc(Br)cc3)C2=C([NH+]2CCCCC2)C1. The Morgan fingerprint density at radius 2 is 1.72 bits per heavy atom. The average molecular weight is 530 g/mol. The van der Waals surface area contributed by atoms with Crippen molar-refractivity contribution in [1.82, 2.24) is 5.43 Å². The maximum Gasteiger partial charge on any atom is 0.176 e. The maximum absolute atomic E-state index is 6.64. The van der Waals surface area contributed by atoms with Gasteiger partial charge in [-0.05, 0) is 72.9 Å². The molecule has 0 amide bonds. The van der Waals surface area contributed by atoms with Gasteiger partial charge in [0.1, 0.15) is 11.0 Å². The Morgan fingerprint density at radius 3 is 2.41 bits per heavy atom. The molecule has 2 saturated heterocycles. The van der Waals surface area contributed by atoms with Crippen molar-refractivity contribution in [3.8, 4) is 0 Å². The van der Waals surface area contributed by atoms with E-state index in [4.69, 9.17) is 11.8 Å². The van der Waals surface area contributed by atoms with Crippen LogP contribution in [0.15, 0.2) is 81.9 Å². The molecule has 7 heteroatoms. The van der Waals surface area contributed by atoms with Gasteiger partial charge in [0.15, 0.2) is 6.34 Å². The highest BCUT2D eigenvalue weighted by atomic mass is 79.9. The van der Waals surface area contributed by atoms with E-state index in [1.165, 1.54) is 49.1 Å². The van der Waals surface area contributed by atoms with Crippen LogP contribution in [0.3, 0.4) is 0 Å². The van der Waals surface area contributed by atoms with Gasteiger partial charge in [-0.2, -0.15) is 0 Å². The molecule has 2 aliphatic heterocycles. The fourth-order valence-electron chi connectivity index (χ4n) is 5.10. The van der Waals surface area contributed by atoms with Crippen LogP contribution in [0.2, 0.25) is 0 Å². The summed E-state index contributed by atoms with van der Waals surface area (Å²) in [6.45, 7) is 7.11. The number of hydrazine groups is 1. The van der Waals surface area contributed by atoms with Crippen LogP contribution in [-0.2, 0) is 11.8 Å². The molecule has 3 aliphatic rings. The average Bonchev–Trinajstić information content (AvgIpc) is 3.07. The molecule has 32 heavy (non-hydrogen) atoms. The first-order valence-electron chi connectivity index (χ1n) is 11.4. The standard InChI is InChI=1S/C25H30BrN4PS/c1-25(2)17-22-24(23(18-25)29-15-7-4-8-16-29)31(32,28-20-13-11-19(26)12-14-20)30(27-22)21-9-5-3-6-10-21/h3,5-6,9-14,17,27H,4,7-8,15-16,18H2,1-2H3,(H,28,32)/p+1/t31-/m0/s1. The lowest BCUT2D eigenvalue weighted by Crippen LogP contribution is -3.11. The minimum absolute atomic E-state index is 0.107. The molecule has 2 heterocycles. The first kappa shape index (κ1) is 22.2. The number of para-hydroxylation sites is 1. The highest BCUT2D eigenvalue weighted by Crippen LogP contribution is 2.66. The number of nitrogens with one attached hydrogen (secondary N) is 3. The Balaban J connectivity index is 1.67. The van der Waals surface area contributed by atoms with E-state index < -0.39 is 6.34 Å². The zero-order valence-electron chi connectivity index (χ0n) is 18.7. The quantitative estimate of drug-likeness (QED) is 0.437. The van der Waals surface area contributed by atoms with E-state index in [-0.39, 0.29) is 5.41 Å². The number of fused-ring (bicyclic) bond motifs is 1. The fourth-order valence-corrected chi connectivity index (χ4v) is 9.38. The van der Waals surface area contributed by atoms with Crippen LogP contribution < -0.4 is 20.2 Å². The molecule has 5 rings (SSSR count). The molecule has 168 valence electrons. The molecule has 0 aromatic heterocycles. The van der Waals surface area contributed by atoms with Gasteiger partial charge in [0, 0.05) is 16.6 Å². The summed E-state index contributed by atoms with van der Waals surface area (Å²) >= 11 is 10.2. The van der Waals surface area contributed by atoms with Crippen molar-refractivity contribution in [2.45, 2.75) is 39.5 Å². The van der Waals surface area contributed by atoms with Gasteiger partial charge in [0.2, 0.25) is 0 Å². The molecule has 2 aromatic rings. The monoisotopic (exact) mass is 529 g/mol. The van der Waals surface area contributed by atoms with E-state index in [9.17, 15) is 0 Å². The molecule has 0 radical (unpaired) electrons. The van der Waals surface area contributed by atoms with Gasteiger partial charge >= 0.3 is 0 Å². The van der Waals surface area contributed by atoms with Crippen LogP contribution in [0.1, 0.15) is 39.5 Å². The molecule has 2 aromatic carbocycles. The van der Waals surface area contributed by atoms with Gasteiger partial charge in [0.05, 0.1) is 24.5 Å². The van der Waals surface area contributed by atoms with Gasteiger partial charge in [-0.3, -0.25) is 5.43 Å². The van der Waals surface area contributed by atoms with Crippen LogP contribution >= 0.6 is 22.3 Å². The van der Waals surface area contributed by atoms with Crippen LogP contribution in [0.5, 0.6) is 0 Å². The van der Waals surface area contributed by atoms with Crippen molar-refractivity contribution >= 4 is 45.5 Å². The van der Waals surface area contributed by atoms with Gasteiger partial charge in [-0.25, -0.2) is 4.78 Å². The van der Waals surface area contributed by atoms with Crippen molar-refractivity contribution < 1.29 is 4.90 Å². The second kappa shape index (κ2) is 8.64. The topological polar surface area (TPSA) is 31.7 Å². The fraction of sp³-hybridized carbons (Fsp3) is 0.360. The molecule has 4 nitrogen and oxygen atoms in total. The summed E-state index contributed by atoms with van der Waals surface area (Å²) < 4.78 is 3.32.